The number of rotatable bonds is 6. The van der Waals surface area contributed by atoms with Crippen molar-refractivity contribution in [2.45, 2.75) is 32.2 Å². The van der Waals surface area contributed by atoms with Crippen LogP contribution in [-0.4, -0.2) is 13.1 Å². The van der Waals surface area contributed by atoms with Crippen LogP contribution in [0.15, 0.2) is 46.9 Å². The van der Waals surface area contributed by atoms with E-state index in [2.05, 4.69) is 52.4 Å². The van der Waals surface area contributed by atoms with E-state index in [1.165, 1.54) is 23.3 Å². The highest BCUT2D eigenvalue weighted by Crippen LogP contribution is 2.20. The average molecular weight is 350 g/mol. The summed E-state index contributed by atoms with van der Waals surface area (Å²) >= 11 is 3.44. The highest BCUT2D eigenvalue weighted by Gasteiger charge is 2.10. The molecule has 21 heavy (non-hydrogen) atoms. The highest BCUT2D eigenvalue weighted by molar-refractivity contribution is 9.10. The molecular weight excluding hydrogens is 329 g/mol. The van der Waals surface area contributed by atoms with Crippen LogP contribution in [0.3, 0.4) is 0 Å². The fraction of sp³-hybridized carbons (Fsp3) is 0.333. The Morgan fingerprint density at radius 1 is 1.14 bits per heavy atom. The Kier molecular flexibility index (Phi) is 5.95. The monoisotopic (exact) mass is 349 g/mol. The van der Waals surface area contributed by atoms with Crippen LogP contribution in [0.1, 0.15) is 23.1 Å². The highest BCUT2D eigenvalue weighted by atomic mass is 79.9. The van der Waals surface area contributed by atoms with Gasteiger partial charge in [0.25, 0.3) is 0 Å². The molecule has 0 radical (unpaired) electrons. The van der Waals surface area contributed by atoms with E-state index in [0.717, 1.165) is 29.3 Å². The van der Waals surface area contributed by atoms with Crippen LogP contribution in [0.2, 0.25) is 0 Å². The zero-order valence-electron chi connectivity index (χ0n) is 12.5. The molecule has 0 spiro atoms. The van der Waals surface area contributed by atoms with Gasteiger partial charge in [0.1, 0.15) is 5.82 Å². The van der Waals surface area contributed by atoms with Gasteiger partial charge in [-0.15, -0.1) is 0 Å². The third-order valence-electron chi connectivity index (χ3n) is 3.79. The summed E-state index contributed by atoms with van der Waals surface area (Å²) < 4.78 is 14.0. The Morgan fingerprint density at radius 3 is 2.48 bits per heavy atom. The summed E-state index contributed by atoms with van der Waals surface area (Å²) in [5.74, 6) is -0.203. The van der Waals surface area contributed by atoms with Crippen LogP contribution in [0.25, 0.3) is 0 Å². The Hall–Kier alpha value is -1.19. The quantitative estimate of drug-likeness (QED) is 0.799. The van der Waals surface area contributed by atoms with Crippen molar-refractivity contribution in [3.63, 3.8) is 0 Å². The first-order valence-corrected chi connectivity index (χ1v) is 8.04. The number of aryl methyl sites for hydroxylation is 2. The van der Waals surface area contributed by atoms with Crippen molar-refractivity contribution in [1.82, 2.24) is 5.32 Å². The predicted octanol–water partition coefficient (Wildman–Crippen LogP) is 4.66. The molecule has 0 fully saturated rings. The van der Waals surface area contributed by atoms with E-state index >= 15 is 0 Å². The van der Waals surface area contributed by atoms with Crippen LogP contribution >= 0.6 is 15.9 Å². The SMILES string of the molecule is CNC(CCc1ccc(C)cc1)Cc1ccc(F)cc1Br. The van der Waals surface area contributed by atoms with E-state index in [4.69, 9.17) is 0 Å². The van der Waals surface area contributed by atoms with Crippen molar-refractivity contribution in [3.8, 4) is 0 Å². The predicted molar refractivity (Wildman–Crippen MR) is 90.2 cm³/mol. The summed E-state index contributed by atoms with van der Waals surface area (Å²) in [6.45, 7) is 2.10. The third kappa shape index (κ3) is 4.94. The third-order valence-corrected chi connectivity index (χ3v) is 4.53. The molecule has 112 valence electrons. The number of halogens is 2. The zero-order chi connectivity index (χ0) is 15.2. The molecule has 2 aromatic rings. The molecule has 1 unspecified atom stereocenters. The van der Waals surface area contributed by atoms with Crippen LogP contribution < -0.4 is 5.32 Å². The van der Waals surface area contributed by atoms with Crippen molar-refractivity contribution in [1.29, 1.82) is 0 Å². The molecule has 0 amide bonds. The second-order valence-corrected chi connectivity index (χ2v) is 6.30. The van der Waals surface area contributed by atoms with Crippen molar-refractivity contribution in [2.75, 3.05) is 7.05 Å². The second kappa shape index (κ2) is 7.71. The van der Waals surface area contributed by atoms with Gasteiger partial charge >= 0.3 is 0 Å². The molecule has 1 nitrogen and oxygen atoms in total. The summed E-state index contributed by atoms with van der Waals surface area (Å²) in [7, 11) is 1.98. The summed E-state index contributed by atoms with van der Waals surface area (Å²) in [6.07, 6.45) is 3.00. The van der Waals surface area contributed by atoms with E-state index in [-0.39, 0.29) is 5.82 Å². The summed E-state index contributed by atoms with van der Waals surface area (Å²) in [4.78, 5) is 0. The lowest BCUT2D eigenvalue weighted by Crippen LogP contribution is -2.28. The van der Waals surface area contributed by atoms with E-state index in [9.17, 15) is 4.39 Å². The molecule has 0 bridgehead atoms. The molecule has 0 aromatic heterocycles. The molecule has 0 saturated heterocycles. The van der Waals surface area contributed by atoms with E-state index in [0.29, 0.717) is 6.04 Å². The Morgan fingerprint density at radius 2 is 1.86 bits per heavy atom. The summed E-state index contributed by atoms with van der Waals surface area (Å²) in [5.41, 5.74) is 3.79. The molecule has 1 atom stereocenters. The lowest BCUT2D eigenvalue weighted by Gasteiger charge is -2.17. The largest absolute Gasteiger partial charge is 0.317 e. The fourth-order valence-electron chi connectivity index (χ4n) is 2.40. The molecule has 0 heterocycles. The van der Waals surface area contributed by atoms with Crippen molar-refractivity contribution >= 4 is 15.9 Å². The second-order valence-electron chi connectivity index (χ2n) is 5.45. The minimum atomic E-state index is -0.203. The van der Waals surface area contributed by atoms with Gasteiger partial charge < -0.3 is 5.32 Å². The standard InChI is InChI=1S/C18H21BrFN/c1-13-3-5-14(6-4-13)7-10-17(21-2)11-15-8-9-16(20)12-18(15)19/h3-6,8-9,12,17,21H,7,10-11H2,1-2H3. The van der Waals surface area contributed by atoms with Crippen LogP contribution in [-0.2, 0) is 12.8 Å². The summed E-state index contributed by atoms with van der Waals surface area (Å²) in [6, 6.07) is 14.0. The van der Waals surface area contributed by atoms with Gasteiger partial charge in [-0.1, -0.05) is 51.8 Å². The normalized spacial score (nSPS) is 12.4. The van der Waals surface area contributed by atoms with Gasteiger partial charge in [0.15, 0.2) is 0 Å². The van der Waals surface area contributed by atoms with Gasteiger partial charge in [0.05, 0.1) is 0 Å². The Bertz CT molecular complexity index is 580. The van der Waals surface area contributed by atoms with Crippen LogP contribution in [0, 0.1) is 12.7 Å². The van der Waals surface area contributed by atoms with Crippen LogP contribution in [0.4, 0.5) is 4.39 Å². The molecule has 0 aliphatic rings. The van der Waals surface area contributed by atoms with Gasteiger partial charge in [-0.3, -0.25) is 0 Å². The molecule has 0 saturated carbocycles. The molecule has 0 aliphatic heterocycles. The van der Waals surface area contributed by atoms with Gasteiger partial charge in [0.2, 0.25) is 0 Å². The maximum Gasteiger partial charge on any atom is 0.124 e. The minimum Gasteiger partial charge on any atom is -0.317 e. The minimum absolute atomic E-state index is 0.203. The fourth-order valence-corrected chi connectivity index (χ4v) is 2.91. The number of hydrogen-bond acceptors (Lipinski definition) is 1. The van der Waals surface area contributed by atoms with E-state index in [1.54, 1.807) is 0 Å². The lowest BCUT2D eigenvalue weighted by atomic mass is 9.99. The molecule has 2 aromatic carbocycles. The number of hydrogen-bond donors (Lipinski definition) is 1. The molecule has 3 heteroatoms. The van der Waals surface area contributed by atoms with Crippen molar-refractivity contribution < 1.29 is 4.39 Å². The lowest BCUT2D eigenvalue weighted by molar-refractivity contribution is 0.518. The summed E-state index contributed by atoms with van der Waals surface area (Å²) in [5, 5.41) is 3.36. The topological polar surface area (TPSA) is 12.0 Å². The Labute approximate surface area is 134 Å². The first-order valence-electron chi connectivity index (χ1n) is 7.25. The van der Waals surface area contributed by atoms with E-state index < -0.39 is 0 Å². The smallest absolute Gasteiger partial charge is 0.124 e. The first-order chi connectivity index (χ1) is 10.1. The van der Waals surface area contributed by atoms with Gasteiger partial charge in [-0.05, 0) is 56.5 Å². The number of nitrogens with one attached hydrogen (secondary N) is 1. The van der Waals surface area contributed by atoms with Gasteiger partial charge in [0, 0.05) is 10.5 Å². The number of likely N-dealkylation sites (N-methyl/N-ethyl adjacent to an activating group) is 1. The zero-order valence-corrected chi connectivity index (χ0v) is 14.1. The van der Waals surface area contributed by atoms with Gasteiger partial charge in [-0.25, -0.2) is 4.39 Å². The molecule has 0 aliphatic carbocycles. The average Bonchev–Trinajstić information content (AvgIpc) is 2.47. The maximum atomic E-state index is 13.1. The van der Waals surface area contributed by atoms with Crippen LogP contribution in [0.5, 0.6) is 0 Å². The van der Waals surface area contributed by atoms with Gasteiger partial charge in [-0.2, -0.15) is 0 Å². The number of benzene rings is 2. The van der Waals surface area contributed by atoms with Crippen molar-refractivity contribution in [3.05, 3.63) is 69.4 Å². The van der Waals surface area contributed by atoms with E-state index in [1.807, 2.05) is 13.1 Å². The molecule has 1 N–H and O–H groups in total. The van der Waals surface area contributed by atoms with Crippen molar-refractivity contribution in [2.24, 2.45) is 0 Å². The Balaban J connectivity index is 1.95. The first kappa shape index (κ1) is 16.2. The molecule has 2 rings (SSSR count). The maximum absolute atomic E-state index is 13.1. The molecular formula is C18H21BrFN.